The van der Waals surface area contributed by atoms with Crippen LogP contribution in [-0.2, 0) is 4.74 Å². The first-order chi connectivity index (χ1) is 13.9. The molecular weight excluding hydrogens is 402 g/mol. The molecule has 1 fully saturated rings. The monoisotopic (exact) mass is 439 g/mol. The highest BCUT2D eigenvalue weighted by molar-refractivity contribution is 7.92. The van der Waals surface area contributed by atoms with Crippen LogP contribution in [0.2, 0.25) is 0 Å². The smallest absolute Gasteiger partial charge is 0.410 e. The van der Waals surface area contributed by atoms with E-state index in [0.29, 0.717) is 11.8 Å². The molecule has 1 amide bonds. The summed E-state index contributed by atoms with van der Waals surface area (Å²) in [6, 6.07) is 5.69. The number of hydrogen-bond acceptors (Lipinski definition) is 8. The largest absolute Gasteiger partial charge is 0.444 e. The molecule has 0 spiro atoms. The molecule has 0 aliphatic carbocycles. The molecule has 2 heterocycles. The first-order valence-corrected chi connectivity index (χ1v) is 11.1. The number of hydrazine groups is 1. The molecular formula is C21H37N5O3S. The Labute approximate surface area is 185 Å². The molecule has 1 aromatic rings. The quantitative estimate of drug-likeness (QED) is 0.281. The molecule has 0 aromatic carbocycles. The van der Waals surface area contributed by atoms with Crippen molar-refractivity contribution < 1.29 is 13.7 Å². The van der Waals surface area contributed by atoms with Crippen molar-refractivity contribution in [2.45, 2.75) is 65.0 Å². The topological polar surface area (TPSA) is 84.2 Å². The first kappa shape index (κ1) is 24.6. The summed E-state index contributed by atoms with van der Waals surface area (Å²) in [6.45, 7) is 11.6. The van der Waals surface area contributed by atoms with E-state index in [1.807, 2.05) is 44.9 Å². The van der Waals surface area contributed by atoms with E-state index in [-0.39, 0.29) is 11.6 Å². The van der Waals surface area contributed by atoms with Crippen LogP contribution in [0.5, 0.6) is 5.88 Å². The Bertz CT molecular complexity index is 708. The maximum absolute atomic E-state index is 12.6. The van der Waals surface area contributed by atoms with E-state index in [0.717, 1.165) is 50.4 Å². The lowest BCUT2D eigenvalue weighted by Gasteiger charge is -2.33. The summed E-state index contributed by atoms with van der Waals surface area (Å²) < 4.78 is 12.4. The van der Waals surface area contributed by atoms with Crippen LogP contribution >= 0.6 is 12.2 Å². The number of carbonyl (C=O) groups is 1. The van der Waals surface area contributed by atoms with Gasteiger partial charge in [-0.15, -0.1) is 0 Å². The lowest BCUT2D eigenvalue weighted by Crippen LogP contribution is -2.45. The van der Waals surface area contributed by atoms with E-state index < -0.39 is 5.60 Å². The second-order valence-corrected chi connectivity index (χ2v) is 10.5. The second kappa shape index (κ2) is 10.1. The molecule has 1 saturated heterocycles. The van der Waals surface area contributed by atoms with E-state index in [9.17, 15) is 4.79 Å². The summed E-state index contributed by atoms with van der Waals surface area (Å²) >= 11 is 1.03. The van der Waals surface area contributed by atoms with Crippen LogP contribution in [-0.4, -0.2) is 58.7 Å². The number of anilines is 1. The molecule has 0 bridgehead atoms. The van der Waals surface area contributed by atoms with Crippen molar-refractivity contribution in [3.63, 3.8) is 0 Å². The molecule has 1 atom stereocenters. The average Bonchev–Trinajstić information content (AvgIpc) is 2.93. The number of hydrogen-bond donors (Lipinski definition) is 1. The molecule has 0 saturated carbocycles. The summed E-state index contributed by atoms with van der Waals surface area (Å²) in [4.78, 5) is 21.1. The number of carbonyl (C=O) groups excluding carboxylic acids is 1. The standard InChI is InChI=1S/C21H37N5O3S/c1-20(2,3)28-19(27)26-15-16(14-21(26,4)5)10-9-13-24(6)17-11-8-12-18(23-17)29-30-25(7)22/h8,11-12,16H,9-10,13-15,22H2,1-7H3. The Morgan fingerprint density at radius 2 is 2.07 bits per heavy atom. The van der Waals surface area contributed by atoms with Crippen molar-refractivity contribution in [2.75, 3.05) is 32.1 Å². The number of nitrogens with two attached hydrogens (primary N) is 1. The summed E-state index contributed by atoms with van der Waals surface area (Å²) in [5.41, 5.74) is -0.656. The number of likely N-dealkylation sites (tertiary alicyclic amines) is 1. The van der Waals surface area contributed by atoms with E-state index in [1.165, 1.54) is 4.41 Å². The number of aromatic nitrogens is 1. The number of amides is 1. The predicted molar refractivity (Wildman–Crippen MR) is 122 cm³/mol. The van der Waals surface area contributed by atoms with E-state index in [4.69, 9.17) is 14.8 Å². The lowest BCUT2D eigenvalue weighted by atomic mass is 9.93. The number of nitrogens with zero attached hydrogens (tertiary/aromatic N) is 4. The van der Waals surface area contributed by atoms with Crippen molar-refractivity contribution in [1.82, 2.24) is 14.3 Å². The molecule has 2 N–H and O–H groups in total. The van der Waals surface area contributed by atoms with Gasteiger partial charge in [0.25, 0.3) is 0 Å². The third-order valence-corrected chi connectivity index (χ3v) is 5.50. The van der Waals surface area contributed by atoms with Gasteiger partial charge < -0.3 is 18.7 Å². The average molecular weight is 440 g/mol. The molecule has 1 aliphatic rings. The van der Waals surface area contributed by atoms with Crippen LogP contribution in [0.15, 0.2) is 18.2 Å². The van der Waals surface area contributed by atoms with Crippen molar-refractivity contribution in [3.8, 4) is 5.88 Å². The van der Waals surface area contributed by atoms with Gasteiger partial charge in [-0.25, -0.2) is 4.79 Å². The van der Waals surface area contributed by atoms with Crippen molar-refractivity contribution in [3.05, 3.63) is 18.2 Å². The van der Waals surface area contributed by atoms with Crippen LogP contribution < -0.4 is 14.9 Å². The summed E-state index contributed by atoms with van der Waals surface area (Å²) in [5, 5.41) is 0. The fourth-order valence-electron chi connectivity index (χ4n) is 3.71. The van der Waals surface area contributed by atoms with Gasteiger partial charge >= 0.3 is 6.09 Å². The highest BCUT2D eigenvalue weighted by atomic mass is 32.2. The number of rotatable bonds is 8. The number of ether oxygens (including phenoxy) is 1. The Balaban J connectivity index is 1.84. The lowest BCUT2D eigenvalue weighted by molar-refractivity contribution is 0.0131. The molecule has 9 heteroatoms. The minimum atomic E-state index is -0.475. The van der Waals surface area contributed by atoms with Gasteiger partial charge in [0, 0.05) is 38.8 Å². The normalized spacial score (nSPS) is 18.6. The van der Waals surface area contributed by atoms with Gasteiger partial charge in [0.2, 0.25) is 5.88 Å². The van der Waals surface area contributed by atoms with Crippen molar-refractivity contribution >= 4 is 24.1 Å². The molecule has 8 nitrogen and oxygen atoms in total. The summed E-state index contributed by atoms with van der Waals surface area (Å²) in [5.74, 6) is 7.39. The molecule has 1 unspecified atom stereocenters. The Morgan fingerprint density at radius 3 is 2.70 bits per heavy atom. The second-order valence-electron chi connectivity index (χ2n) is 9.58. The minimum Gasteiger partial charge on any atom is -0.444 e. The highest BCUT2D eigenvalue weighted by Gasteiger charge is 2.42. The third kappa shape index (κ3) is 7.52. The van der Waals surface area contributed by atoms with Crippen molar-refractivity contribution in [2.24, 2.45) is 11.8 Å². The Morgan fingerprint density at radius 1 is 1.37 bits per heavy atom. The fourth-order valence-corrected chi connectivity index (χ4v) is 4.00. The predicted octanol–water partition coefficient (Wildman–Crippen LogP) is 4.08. The molecule has 2 rings (SSSR count). The van der Waals surface area contributed by atoms with Crippen LogP contribution in [0.1, 0.15) is 53.9 Å². The number of pyridine rings is 1. The van der Waals surface area contributed by atoms with Gasteiger partial charge in [0.05, 0.1) is 0 Å². The molecule has 170 valence electrons. The van der Waals surface area contributed by atoms with Gasteiger partial charge in [0.1, 0.15) is 11.4 Å². The maximum atomic E-state index is 12.6. The zero-order valence-corrected chi connectivity index (χ0v) is 20.2. The van der Waals surface area contributed by atoms with Crippen LogP contribution in [0.3, 0.4) is 0 Å². The highest BCUT2D eigenvalue weighted by Crippen LogP contribution is 2.36. The first-order valence-electron chi connectivity index (χ1n) is 10.4. The van der Waals surface area contributed by atoms with Gasteiger partial charge in [-0.05, 0) is 65.9 Å². The van der Waals surface area contributed by atoms with Gasteiger partial charge in [0.15, 0.2) is 12.2 Å². The maximum Gasteiger partial charge on any atom is 0.410 e. The molecule has 0 radical (unpaired) electrons. The third-order valence-electron chi connectivity index (χ3n) is 5.02. The molecule has 1 aliphatic heterocycles. The fraction of sp³-hybridized carbons (Fsp3) is 0.714. The molecule has 30 heavy (non-hydrogen) atoms. The van der Waals surface area contributed by atoms with Crippen LogP contribution in [0.4, 0.5) is 10.6 Å². The van der Waals surface area contributed by atoms with Crippen molar-refractivity contribution in [1.29, 1.82) is 0 Å². The molecule has 1 aromatic heterocycles. The van der Waals surface area contributed by atoms with Gasteiger partial charge in [-0.2, -0.15) is 9.40 Å². The SMILES string of the molecule is CN(N)SOc1cccc(N(C)CCCC2CN(C(=O)OC(C)(C)C)C(C)(C)C2)n1. The zero-order valence-electron chi connectivity index (χ0n) is 19.3. The van der Waals surface area contributed by atoms with Gasteiger partial charge in [-0.1, -0.05) is 6.07 Å². The van der Waals surface area contributed by atoms with E-state index >= 15 is 0 Å². The summed E-state index contributed by atoms with van der Waals surface area (Å²) in [7, 11) is 3.73. The van der Waals surface area contributed by atoms with Crippen LogP contribution in [0, 0.1) is 5.92 Å². The zero-order chi connectivity index (χ0) is 22.5. The Hall–Kier alpha value is -1.71. The summed E-state index contributed by atoms with van der Waals surface area (Å²) in [6.07, 6.45) is 2.85. The minimum absolute atomic E-state index is 0.181. The van der Waals surface area contributed by atoms with E-state index in [2.05, 4.69) is 23.7 Å². The van der Waals surface area contributed by atoms with E-state index in [1.54, 1.807) is 13.1 Å². The van der Waals surface area contributed by atoms with Gasteiger partial charge in [-0.3, -0.25) is 5.84 Å². The van der Waals surface area contributed by atoms with Crippen LogP contribution in [0.25, 0.3) is 0 Å². The Kier molecular flexibility index (Phi) is 8.24.